The zero-order valence-electron chi connectivity index (χ0n) is 40.5. The predicted molar refractivity (Wildman–Crippen MR) is 267 cm³/mol. The first-order valence-corrected chi connectivity index (χ1v) is 25.7. The van der Waals surface area contributed by atoms with Crippen molar-refractivity contribution in [3.63, 3.8) is 0 Å². The molecule has 0 spiro atoms. The van der Waals surface area contributed by atoms with Crippen molar-refractivity contribution in [2.24, 2.45) is 0 Å². The molecule has 63 heavy (non-hydrogen) atoms. The van der Waals surface area contributed by atoms with Crippen molar-refractivity contribution < 1.29 is 37.3 Å². The Morgan fingerprint density at radius 2 is 0.873 bits per heavy atom. The largest absolute Gasteiger partial charge is 0.756 e. The van der Waals surface area contributed by atoms with Crippen LogP contribution in [0.1, 0.15) is 155 Å². The molecule has 358 valence electrons. The average molecular weight is 896 g/mol. The summed E-state index contributed by atoms with van der Waals surface area (Å²) in [6.45, 7) is 5.02. The van der Waals surface area contributed by atoms with Gasteiger partial charge in [0.2, 0.25) is 0 Å². The second-order valence-corrected chi connectivity index (χ2v) is 18.1. The van der Waals surface area contributed by atoms with Crippen LogP contribution in [0, 0.1) is 0 Å². The van der Waals surface area contributed by atoms with Gasteiger partial charge in [0.25, 0.3) is 7.82 Å². The maximum absolute atomic E-state index is 12.7. The number of esters is 1. The van der Waals surface area contributed by atoms with Gasteiger partial charge in [-0.2, -0.15) is 0 Å². The molecule has 0 aliphatic heterocycles. The van der Waals surface area contributed by atoms with Crippen LogP contribution in [0.5, 0.6) is 0 Å². The standard InChI is InChI=1S/C54H90NO7P/c1-6-8-10-12-14-16-18-20-22-24-26-27-28-29-30-31-33-35-37-39-41-43-45-47-54(56)62-53(52-61-63(57,58)60-50-48-55(3,4)5)51-59-49-46-44-42-40-38-36-34-32-25-23-21-19-17-15-13-11-9-7-2/h8-11,14-17,20-23,26-27,29-30,32,34,38,40,53H,6-7,12-13,18-19,24-25,28,31,33,35-37,39,41-52H2,1-5H3/b10-8-,11-9-,16-14-,17-15-,22-20-,23-21-,27-26-,30-29-,34-32-,40-38-. The van der Waals surface area contributed by atoms with Gasteiger partial charge in [-0.15, -0.1) is 0 Å². The number of rotatable bonds is 43. The Morgan fingerprint density at radius 1 is 0.492 bits per heavy atom. The highest BCUT2D eigenvalue weighted by Crippen LogP contribution is 2.38. The summed E-state index contributed by atoms with van der Waals surface area (Å²) in [6, 6.07) is 0. The maximum atomic E-state index is 12.7. The molecule has 2 unspecified atom stereocenters. The molecular weight excluding hydrogens is 806 g/mol. The van der Waals surface area contributed by atoms with Gasteiger partial charge in [-0.25, -0.2) is 0 Å². The van der Waals surface area contributed by atoms with Crippen molar-refractivity contribution >= 4 is 13.8 Å². The van der Waals surface area contributed by atoms with E-state index in [1.165, 1.54) is 19.3 Å². The zero-order valence-corrected chi connectivity index (χ0v) is 41.4. The number of unbranched alkanes of at least 4 members (excludes halogenated alkanes) is 9. The molecule has 0 aromatic carbocycles. The van der Waals surface area contributed by atoms with E-state index in [1.807, 2.05) is 21.1 Å². The molecule has 0 aliphatic rings. The smallest absolute Gasteiger partial charge is 0.306 e. The lowest BCUT2D eigenvalue weighted by atomic mass is 10.1. The van der Waals surface area contributed by atoms with Crippen molar-refractivity contribution in [1.82, 2.24) is 0 Å². The Hall–Kier alpha value is -3.10. The number of allylic oxidation sites excluding steroid dienone is 20. The van der Waals surface area contributed by atoms with E-state index in [-0.39, 0.29) is 32.2 Å². The predicted octanol–water partition coefficient (Wildman–Crippen LogP) is 14.3. The molecule has 8 nitrogen and oxygen atoms in total. The molecule has 9 heteroatoms. The molecular formula is C54H90NO7P. The number of quaternary nitrogens is 1. The minimum absolute atomic E-state index is 0.00736. The van der Waals surface area contributed by atoms with Gasteiger partial charge in [-0.05, 0) is 103 Å². The zero-order chi connectivity index (χ0) is 46.2. The van der Waals surface area contributed by atoms with Crippen molar-refractivity contribution in [3.8, 4) is 0 Å². The van der Waals surface area contributed by atoms with Gasteiger partial charge in [0.1, 0.15) is 19.3 Å². The highest BCUT2D eigenvalue weighted by Gasteiger charge is 2.20. The summed E-state index contributed by atoms with van der Waals surface area (Å²) >= 11 is 0. The molecule has 0 aromatic heterocycles. The second kappa shape index (κ2) is 45.5. The van der Waals surface area contributed by atoms with Gasteiger partial charge in [0.15, 0.2) is 0 Å². The fourth-order valence-corrected chi connectivity index (χ4v) is 6.56. The number of nitrogens with zero attached hydrogens (tertiary/aromatic N) is 1. The third kappa shape index (κ3) is 49.8. The summed E-state index contributed by atoms with van der Waals surface area (Å²) < 4.78 is 34.6. The Morgan fingerprint density at radius 3 is 1.30 bits per heavy atom. The van der Waals surface area contributed by atoms with Gasteiger partial charge in [-0.3, -0.25) is 9.36 Å². The van der Waals surface area contributed by atoms with Crippen molar-refractivity contribution in [1.29, 1.82) is 0 Å². The molecule has 0 aromatic rings. The van der Waals surface area contributed by atoms with E-state index in [9.17, 15) is 14.3 Å². The fraction of sp³-hybridized carbons (Fsp3) is 0.611. The topological polar surface area (TPSA) is 94.1 Å². The molecule has 0 rings (SSSR count). The van der Waals surface area contributed by atoms with Crippen LogP contribution in [0.4, 0.5) is 0 Å². The van der Waals surface area contributed by atoms with E-state index in [4.69, 9.17) is 18.5 Å². The lowest BCUT2D eigenvalue weighted by molar-refractivity contribution is -0.870. The van der Waals surface area contributed by atoms with E-state index in [0.717, 1.165) is 116 Å². The molecule has 0 N–H and O–H groups in total. The van der Waals surface area contributed by atoms with E-state index in [2.05, 4.69) is 135 Å². The lowest BCUT2D eigenvalue weighted by Gasteiger charge is -2.28. The summed E-state index contributed by atoms with van der Waals surface area (Å²) in [5.74, 6) is -0.366. The molecule has 0 saturated heterocycles. The number of likely N-dealkylation sites (N-methyl/N-ethyl adjacent to an activating group) is 1. The SMILES string of the molecule is CC/C=C\C/C=C\C/C=C\C/C=C\C/C=C\CCCCCCCCCC(=O)OC(COCCCC/C=C\C/C=C\C/C=C\C/C=C\C/C=C\CC)COP(=O)([O-])OCC[N+](C)(C)C. The van der Waals surface area contributed by atoms with Gasteiger partial charge >= 0.3 is 5.97 Å². The number of ether oxygens (including phenoxy) is 2. The first-order valence-electron chi connectivity index (χ1n) is 24.3. The molecule has 0 saturated carbocycles. The highest BCUT2D eigenvalue weighted by molar-refractivity contribution is 7.45. The summed E-state index contributed by atoms with van der Waals surface area (Å²) in [7, 11) is 1.30. The Kier molecular flexibility index (Phi) is 43.2. The van der Waals surface area contributed by atoms with Crippen LogP contribution in [0.2, 0.25) is 0 Å². The van der Waals surface area contributed by atoms with E-state index in [0.29, 0.717) is 17.6 Å². The van der Waals surface area contributed by atoms with Gasteiger partial charge in [-0.1, -0.05) is 167 Å². The quantitative estimate of drug-likeness (QED) is 0.0198. The monoisotopic (exact) mass is 896 g/mol. The highest BCUT2D eigenvalue weighted by atomic mass is 31.2. The van der Waals surface area contributed by atoms with E-state index >= 15 is 0 Å². The first-order chi connectivity index (χ1) is 30.6. The number of hydrogen-bond acceptors (Lipinski definition) is 7. The van der Waals surface area contributed by atoms with Gasteiger partial charge in [0.05, 0.1) is 34.4 Å². The number of phosphoric acid groups is 1. The normalized spacial score (nSPS) is 14.7. The van der Waals surface area contributed by atoms with E-state index in [1.54, 1.807) is 0 Å². The van der Waals surface area contributed by atoms with Crippen LogP contribution in [0.15, 0.2) is 122 Å². The number of carbonyl (C=O) groups excluding carboxylic acids is 1. The van der Waals surface area contributed by atoms with Crippen LogP contribution in [-0.2, 0) is 27.9 Å². The van der Waals surface area contributed by atoms with Gasteiger partial charge in [0, 0.05) is 13.0 Å². The molecule has 0 aliphatic carbocycles. The maximum Gasteiger partial charge on any atom is 0.306 e. The second-order valence-electron chi connectivity index (χ2n) is 16.7. The molecule has 0 heterocycles. The number of hydrogen-bond donors (Lipinski definition) is 0. The lowest BCUT2D eigenvalue weighted by Crippen LogP contribution is -2.37. The minimum atomic E-state index is -4.55. The van der Waals surface area contributed by atoms with Crippen molar-refractivity contribution in [3.05, 3.63) is 122 Å². The molecule has 0 amide bonds. The van der Waals surface area contributed by atoms with Crippen LogP contribution in [0.3, 0.4) is 0 Å². The number of carbonyl (C=O) groups is 1. The molecule has 0 radical (unpaired) electrons. The summed E-state index contributed by atoms with van der Waals surface area (Å²) in [6.07, 6.45) is 65.1. The summed E-state index contributed by atoms with van der Waals surface area (Å²) in [5, 5.41) is 0. The number of phosphoric ester groups is 1. The van der Waals surface area contributed by atoms with Crippen LogP contribution < -0.4 is 4.89 Å². The van der Waals surface area contributed by atoms with Crippen LogP contribution in [-0.4, -0.2) is 70.7 Å². The third-order valence-corrected chi connectivity index (χ3v) is 10.5. The van der Waals surface area contributed by atoms with Crippen molar-refractivity contribution in [2.75, 3.05) is 54.1 Å². The van der Waals surface area contributed by atoms with Crippen LogP contribution >= 0.6 is 7.82 Å². The minimum Gasteiger partial charge on any atom is -0.756 e. The third-order valence-electron chi connectivity index (χ3n) is 9.51. The van der Waals surface area contributed by atoms with E-state index < -0.39 is 13.9 Å². The van der Waals surface area contributed by atoms with Crippen LogP contribution in [0.25, 0.3) is 0 Å². The molecule has 2 atom stereocenters. The Bertz CT molecular complexity index is 1410. The van der Waals surface area contributed by atoms with Gasteiger partial charge < -0.3 is 27.9 Å². The molecule has 0 bridgehead atoms. The first kappa shape index (κ1) is 59.9. The van der Waals surface area contributed by atoms with Crippen molar-refractivity contribution in [2.45, 2.75) is 161 Å². The summed E-state index contributed by atoms with van der Waals surface area (Å²) in [5.41, 5.74) is 0. The Balaban J connectivity index is 4.31. The average Bonchev–Trinajstić information content (AvgIpc) is 3.24. The summed E-state index contributed by atoms with van der Waals surface area (Å²) in [4.78, 5) is 25.2. The molecule has 0 fully saturated rings. The fourth-order valence-electron chi connectivity index (χ4n) is 5.83. The Labute approximate surface area is 386 Å².